The summed E-state index contributed by atoms with van der Waals surface area (Å²) < 4.78 is 27.2. The van der Waals surface area contributed by atoms with E-state index in [2.05, 4.69) is 53.3 Å². The third-order valence-corrected chi connectivity index (χ3v) is 9.70. The van der Waals surface area contributed by atoms with E-state index in [1.165, 1.54) is 0 Å². The van der Waals surface area contributed by atoms with E-state index in [9.17, 15) is 0 Å². The van der Waals surface area contributed by atoms with Gasteiger partial charge in [-0.2, -0.15) is 0 Å². The number of aryl methyl sites for hydroxylation is 1. The summed E-state index contributed by atoms with van der Waals surface area (Å²) in [5.74, 6) is 2.54. The van der Waals surface area contributed by atoms with Gasteiger partial charge in [0.05, 0.1) is 16.6 Å². The summed E-state index contributed by atoms with van der Waals surface area (Å²) in [5, 5.41) is 2.13. The number of imidazole rings is 1. The molecule has 0 saturated heterocycles. The van der Waals surface area contributed by atoms with Crippen molar-refractivity contribution in [2.24, 2.45) is 7.05 Å². The van der Waals surface area contributed by atoms with E-state index in [0.29, 0.717) is 11.1 Å². The van der Waals surface area contributed by atoms with E-state index in [-0.39, 0.29) is 5.41 Å². The molecule has 5 nitrogen and oxygen atoms in total. The largest absolute Gasteiger partial charge is 0.457 e. The van der Waals surface area contributed by atoms with Crippen LogP contribution in [0.5, 0.6) is 11.5 Å². The zero-order chi connectivity index (χ0) is 31.9. The number of pyridine rings is 1. The van der Waals surface area contributed by atoms with E-state index in [1.54, 1.807) is 0 Å². The maximum absolute atomic E-state index is 16.5. The molecule has 1 aliphatic rings. The topological polar surface area (TPSA) is 44.9 Å². The number of alkyl halides is 1. The zero-order valence-electron chi connectivity index (χ0n) is 26.3. The SMILES string of the molecule is Cn1c(-c2cccc(C(F)c3cccc(-n4c5ccc6c(c5c5cccnc54)C(C)(C)c4ccccc4O6)c3)c2)nc2ccccc21. The molecule has 47 heavy (non-hydrogen) atoms. The van der Waals surface area contributed by atoms with E-state index in [1.807, 2.05) is 104 Å². The molecule has 3 aromatic heterocycles. The third-order valence-electron chi connectivity index (χ3n) is 9.70. The highest BCUT2D eigenvalue weighted by Crippen LogP contribution is 2.52. The molecule has 0 amide bonds. The normalized spacial score (nSPS) is 14.2. The first kappa shape index (κ1) is 27.6. The Morgan fingerprint density at radius 3 is 2.40 bits per heavy atom. The highest BCUT2D eigenvalue weighted by atomic mass is 19.1. The summed E-state index contributed by atoms with van der Waals surface area (Å²) in [6, 6.07) is 39.9. The highest BCUT2D eigenvalue weighted by Gasteiger charge is 2.37. The summed E-state index contributed by atoms with van der Waals surface area (Å²) in [6.45, 7) is 4.50. The molecule has 0 radical (unpaired) electrons. The monoisotopic (exact) mass is 614 g/mol. The molecule has 0 N–H and O–H groups in total. The molecule has 0 aliphatic carbocycles. The maximum Gasteiger partial charge on any atom is 0.150 e. The predicted octanol–water partition coefficient (Wildman–Crippen LogP) is 10.2. The summed E-state index contributed by atoms with van der Waals surface area (Å²) in [7, 11) is 2.00. The summed E-state index contributed by atoms with van der Waals surface area (Å²) in [6.07, 6.45) is 0.484. The quantitative estimate of drug-likeness (QED) is 0.198. The van der Waals surface area contributed by atoms with Crippen LogP contribution in [0.2, 0.25) is 0 Å². The second kappa shape index (κ2) is 10.1. The number of aromatic nitrogens is 4. The number of nitrogens with zero attached hydrogens (tertiary/aromatic N) is 4. The van der Waals surface area contributed by atoms with Gasteiger partial charge in [0.15, 0.2) is 6.17 Å². The van der Waals surface area contributed by atoms with E-state index >= 15 is 4.39 Å². The average molecular weight is 615 g/mol. The Hall–Kier alpha value is -5.75. The molecule has 0 spiro atoms. The lowest BCUT2D eigenvalue weighted by atomic mass is 9.74. The first-order valence-corrected chi connectivity index (χ1v) is 15.9. The molecule has 0 fully saturated rings. The van der Waals surface area contributed by atoms with Gasteiger partial charge in [0, 0.05) is 51.8 Å². The predicted molar refractivity (Wildman–Crippen MR) is 186 cm³/mol. The minimum atomic E-state index is -1.33. The van der Waals surface area contributed by atoms with Crippen molar-refractivity contribution in [3.8, 4) is 28.6 Å². The van der Waals surface area contributed by atoms with E-state index in [4.69, 9.17) is 14.7 Å². The molecule has 1 atom stereocenters. The van der Waals surface area contributed by atoms with Crippen LogP contribution < -0.4 is 4.74 Å². The van der Waals surface area contributed by atoms with Crippen LogP contribution in [0, 0.1) is 0 Å². The van der Waals surface area contributed by atoms with Crippen molar-refractivity contribution in [3.05, 3.63) is 150 Å². The maximum atomic E-state index is 16.5. The van der Waals surface area contributed by atoms with Crippen molar-refractivity contribution in [2.45, 2.75) is 25.4 Å². The first-order valence-electron chi connectivity index (χ1n) is 15.9. The van der Waals surface area contributed by atoms with Crippen LogP contribution in [0.4, 0.5) is 4.39 Å². The Kier molecular flexibility index (Phi) is 5.94. The summed E-state index contributed by atoms with van der Waals surface area (Å²) in [4.78, 5) is 9.69. The molecule has 6 heteroatoms. The first-order chi connectivity index (χ1) is 22.9. The Morgan fingerprint density at radius 2 is 1.53 bits per heavy atom. The smallest absolute Gasteiger partial charge is 0.150 e. The number of hydrogen-bond acceptors (Lipinski definition) is 3. The van der Waals surface area contributed by atoms with Gasteiger partial charge < -0.3 is 9.30 Å². The standard InChI is InChI=1S/C41H31FN4O/c1-41(2)30-16-4-7-19-34(30)47-35-21-20-33-36(37(35)41)29-15-10-22-43-40(29)46(33)28-14-9-12-26(24-28)38(42)25-11-8-13-27(23-25)39-44-31-17-5-6-18-32(31)45(39)3/h4-24,38H,1-3H3. The van der Waals surface area contributed by atoms with Crippen molar-refractivity contribution in [3.63, 3.8) is 0 Å². The summed E-state index contributed by atoms with van der Waals surface area (Å²) in [5.41, 5.74) is 8.63. The minimum Gasteiger partial charge on any atom is -0.457 e. The molecule has 9 rings (SSSR count). The van der Waals surface area contributed by atoms with Crippen LogP contribution in [-0.2, 0) is 12.5 Å². The Balaban J connectivity index is 1.17. The highest BCUT2D eigenvalue weighted by molar-refractivity contribution is 6.11. The summed E-state index contributed by atoms with van der Waals surface area (Å²) >= 11 is 0. The molecule has 1 aliphatic heterocycles. The van der Waals surface area contributed by atoms with Crippen LogP contribution >= 0.6 is 0 Å². The molecule has 4 heterocycles. The van der Waals surface area contributed by atoms with Crippen LogP contribution in [0.25, 0.3) is 50.0 Å². The van der Waals surface area contributed by atoms with Gasteiger partial charge in [-0.15, -0.1) is 0 Å². The number of benzene rings is 5. The van der Waals surface area contributed by atoms with Gasteiger partial charge in [-0.1, -0.05) is 74.5 Å². The van der Waals surface area contributed by atoms with Crippen LogP contribution in [-0.4, -0.2) is 19.1 Å². The third kappa shape index (κ3) is 4.07. The minimum absolute atomic E-state index is 0.311. The van der Waals surface area contributed by atoms with Gasteiger partial charge in [-0.25, -0.2) is 14.4 Å². The molecule has 228 valence electrons. The fourth-order valence-corrected chi connectivity index (χ4v) is 7.46. The Labute approximate surface area is 271 Å². The second-order valence-electron chi connectivity index (χ2n) is 12.8. The number of hydrogen-bond donors (Lipinski definition) is 0. The van der Waals surface area contributed by atoms with Gasteiger partial charge in [-0.05, 0) is 71.8 Å². The number of halogens is 1. The van der Waals surface area contributed by atoms with Gasteiger partial charge in [0.1, 0.15) is 23.0 Å². The molecular weight excluding hydrogens is 583 g/mol. The van der Waals surface area contributed by atoms with Gasteiger partial charge in [-0.3, -0.25) is 4.57 Å². The number of fused-ring (bicyclic) bond motifs is 7. The van der Waals surface area contributed by atoms with Crippen LogP contribution in [0.3, 0.4) is 0 Å². The van der Waals surface area contributed by atoms with E-state index in [0.717, 1.165) is 72.7 Å². The fourth-order valence-electron chi connectivity index (χ4n) is 7.46. The van der Waals surface area contributed by atoms with Gasteiger partial charge in [0.25, 0.3) is 0 Å². The lowest BCUT2D eigenvalue weighted by Gasteiger charge is -2.35. The van der Waals surface area contributed by atoms with Crippen molar-refractivity contribution >= 4 is 33.0 Å². The molecule has 0 saturated carbocycles. The Morgan fingerprint density at radius 1 is 0.745 bits per heavy atom. The molecule has 1 unspecified atom stereocenters. The lowest BCUT2D eigenvalue weighted by Crippen LogP contribution is -2.24. The van der Waals surface area contributed by atoms with Gasteiger partial charge >= 0.3 is 0 Å². The lowest BCUT2D eigenvalue weighted by molar-refractivity contribution is 0.402. The fraction of sp³-hybridized carbons (Fsp3) is 0.122. The number of ether oxygens (including phenoxy) is 1. The zero-order valence-corrected chi connectivity index (χ0v) is 26.3. The van der Waals surface area contributed by atoms with Crippen LogP contribution in [0.15, 0.2) is 128 Å². The van der Waals surface area contributed by atoms with Crippen molar-refractivity contribution < 1.29 is 9.13 Å². The van der Waals surface area contributed by atoms with Crippen molar-refractivity contribution in [1.82, 2.24) is 19.1 Å². The molecular formula is C41H31FN4O. The van der Waals surface area contributed by atoms with Gasteiger partial charge in [0.2, 0.25) is 0 Å². The average Bonchev–Trinajstić information content (AvgIpc) is 3.62. The number of para-hydroxylation sites is 3. The van der Waals surface area contributed by atoms with Crippen LogP contribution in [0.1, 0.15) is 42.3 Å². The Bertz CT molecular complexity index is 2520. The number of rotatable bonds is 4. The van der Waals surface area contributed by atoms with Crippen molar-refractivity contribution in [1.29, 1.82) is 0 Å². The second-order valence-corrected chi connectivity index (χ2v) is 12.8. The molecule has 8 aromatic rings. The molecule has 5 aromatic carbocycles. The molecule has 0 bridgehead atoms. The van der Waals surface area contributed by atoms with E-state index < -0.39 is 6.17 Å². The van der Waals surface area contributed by atoms with Crippen molar-refractivity contribution in [2.75, 3.05) is 0 Å².